The second kappa shape index (κ2) is 7.00. The molecule has 0 aliphatic carbocycles. The number of aryl methyl sites for hydroxylation is 1. The summed E-state index contributed by atoms with van der Waals surface area (Å²) in [6, 6.07) is 3.81. The Hall–Kier alpha value is -1.56. The Kier molecular flexibility index (Phi) is 5.64. The van der Waals surface area contributed by atoms with E-state index >= 15 is 0 Å². The van der Waals surface area contributed by atoms with Crippen LogP contribution < -0.4 is 10.6 Å². The summed E-state index contributed by atoms with van der Waals surface area (Å²) in [7, 11) is 0. The maximum atomic E-state index is 11.4. The standard InChI is InChI=1S/C12H18N2O3S/c1-8(7-10-4-3-9(2)18-10)14-12(17)13-6-5-11(15)16/h3-4,8H,5-7H2,1-2H3,(H,15,16)(H2,13,14,17). The van der Waals surface area contributed by atoms with Crippen LogP contribution in [0.15, 0.2) is 12.1 Å². The summed E-state index contributed by atoms with van der Waals surface area (Å²) in [5, 5.41) is 13.7. The highest BCUT2D eigenvalue weighted by Gasteiger charge is 2.09. The first-order valence-electron chi connectivity index (χ1n) is 5.79. The van der Waals surface area contributed by atoms with E-state index in [0.29, 0.717) is 0 Å². The average molecular weight is 270 g/mol. The van der Waals surface area contributed by atoms with Crippen molar-refractivity contribution in [2.75, 3.05) is 6.54 Å². The molecule has 1 atom stereocenters. The summed E-state index contributed by atoms with van der Waals surface area (Å²) in [6.45, 7) is 4.11. The first kappa shape index (κ1) is 14.5. The Morgan fingerprint density at radius 2 is 2.17 bits per heavy atom. The zero-order valence-electron chi connectivity index (χ0n) is 10.5. The van der Waals surface area contributed by atoms with Crippen molar-refractivity contribution in [2.45, 2.75) is 32.7 Å². The number of carbonyl (C=O) groups is 2. The minimum atomic E-state index is -0.919. The molecule has 100 valence electrons. The number of rotatable bonds is 6. The minimum absolute atomic E-state index is 0.0212. The predicted molar refractivity (Wildman–Crippen MR) is 71.0 cm³/mol. The van der Waals surface area contributed by atoms with Crippen molar-refractivity contribution < 1.29 is 14.7 Å². The molecule has 0 bridgehead atoms. The molecule has 0 aliphatic rings. The number of carbonyl (C=O) groups excluding carboxylic acids is 1. The zero-order chi connectivity index (χ0) is 13.5. The molecule has 0 fully saturated rings. The molecule has 1 rings (SSSR count). The lowest BCUT2D eigenvalue weighted by Gasteiger charge is -2.13. The predicted octanol–water partition coefficient (Wildman–Crippen LogP) is 1.76. The number of aliphatic carboxylic acids is 1. The smallest absolute Gasteiger partial charge is 0.315 e. The third-order valence-electron chi connectivity index (χ3n) is 2.31. The van der Waals surface area contributed by atoms with E-state index in [4.69, 9.17) is 5.11 Å². The maximum Gasteiger partial charge on any atom is 0.315 e. The normalized spacial score (nSPS) is 11.9. The number of nitrogens with one attached hydrogen (secondary N) is 2. The molecular weight excluding hydrogens is 252 g/mol. The van der Waals surface area contributed by atoms with Crippen LogP contribution in [0.3, 0.4) is 0 Å². The monoisotopic (exact) mass is 270 g/mol. The summed E-state index contributed by atoms with van der Waals surface area (Å²) in [4.78, 5) is 24.2. The molecule has 1 aromatic heterocycles. The van der Waals surface area contributed by atoms with Crippen LogP contribution in [0.4, 0.5) is 4.79 Å². The number of thiophene rings is 1. The molecule has 1 heterocycles. The van der Waals surface area contributed by atoms with Crippen molar-refractivity contribution in [2.24, 2.45) is 0 Å². The van der Waals surface area contributed by atoms with Gasteiger partial charge in [0.05, 0.1) is 6.42 Å². The fourth-order valence-electron chi connectivity index (χ4n) is 1.51. The Labute approximate surface area is 110 Å². The van der Waals surface area contributed by atoms with Crippen LogP contribution in [0.1, 0.15) is 23.1 Å². The van der Waals surface area contributed by atoms with Crippen LogP contribution in [0, 0.1) is 6.92 Å². The Morgan fingerprint density at radius 1 is 1.44 bits per heavy atom. The maximum absolute atomic E-state index is 11.4. The molecule has 18 heavy (non-hydrogen) atoms. The van der Waals surface area contributed by atoms with Gasteiger partial charge >= 0.3 is 12.0 Å². The summed E-state index contributed by atoms with van der Waals surface area (Å²) in [6.07, 6.45) is 0.719. The minimum Gasteiger partial charge on any atom is -0.481 e. The molecule has 0 saturated carbocycles. The van der Waals surface area contributed by atoms with Gasteiger partial charge in [0.1, 0.15) is 0 Å². The van der Waals surface area contributed by atoms with Crippen molar-refractivity contribution in [3.63, 3.8) is 0 Å². The van der Waals surface area contributed by atoms with E-state index in [-0.39, 0.29) is 25.0 Å². The van der Waals surface area contributed by atoms with Crippen LogP contribution in [0.5, 0.6) is 0 Å². The fraction of sp³-hybridized carbons (Fsp3) is 0.500. The highest BCUT2D eigenvalue weighted by atomic mass is 32.1. The number of carboxylic acids is 1. The summed E-state index contributed by atoms with van der Waals surface area (Å²) >= 11 is 1.72. The van der Waals surface area contributed by atoms with E-state index in [0.717, 1.165) is 6.42 Å². The molecule has 6 heteroatoms. The van der Waals surface area contributed by atoms with Gasteiger partial charge in [-0.15, -0.1) is 11.3 Å². The van der Waals surface area contributed by atoms with Gasteiger partial charge in [-0.2, -0.15) is 0 Å². The second-order valence-electron chi connectivity index (χ2n) is 4.16. The fourth-order valence-corrected chi connectivity index (χ4v) is 2.52. The van der Waals surface area contributed by atoms with E-state index in [9.17, 15) is 9.59 Å². The number of amides is 2. The molecule has 1 unspecified atom stereocenters. The molecule has 5 nitrogen and oxygen atoms in total. The summed E-state index contributed by atoms with van der Waals surface area (Å²) in [5.74, 6) is -0.919. The third kappa shape index (κ3) is 5.67. The van der Waals surface area contributed by atoms with Crippen molar-refractivity contribution >= 4 is 23.3 Å². The first-order chi connectivity index (χ1) is 8.47. The van der Waals surface area contributed by atoms with Crippen molar-refractivity contribution in [1.29, 1.82) is 0 Å². The van der Waals surface area contributed by atoms with Gasteiger partial charge in [-0.3, -0.25) is 4.79 Å². The molecule has 0 spiro atoms. The SMILES string of the molecule is Cc1ccc(CC(C)NC(=O)NCCC(=O)O)s1. The molecule has 0 aromatic carbocycles. The van der Waals surface area contributed by atoms with E-state index in [1.165, 1.54) is 9.75 Å². The molecule has 0 saturated heterocycles. The quantitative estimate of drug-likeness (QED) is 0.737. The van der Waals surface area contributed by atoms with E-state index in [1.54, 1.807) is 11.3 Å². The van der Waals surface area contributed by atoms with Crippen LogP contribution in [0.25, 0.3) is 0 Å². The van der Waals surface area contributed by atoms with Crippen LogP contribution >= 0.6 is 11.3 Å². The van der Waals surface area contributed by atoms with Crippen LogP contribution in [-0.4, -0.2) is 29.7 Å². The number of urea groups is 1. The van der Waals surface area contributed by atoms with Crippen LogP contribution in [-0.2, 0) is 11.2 Å². The first-order valence-corrected chi connectivity index (χ1v) is 6.60. The Balaban J connectivity index is 2.25. The number of hydrogen-bond donors (Lipinski definition) is 3. The van der Waals surface area contributed by atoms with Gasteiger partial charge in [0.25, 0.3) is 0 Å². The third-order valence-corrected chi connectivity index (χ3v) is 3.33. The lowest BCUT2D eigenvalue weighted by Crippen LogP contribution is -2.42. The van der Waals surface area contributed by atoms with E-state index < -0.39 is 5.97 Å². The lowest BCUT2D eigenvalue weighted by molar-refractivity contribution is -0.136. The molecule has 0 radical (unpaired) electrons. The van der Waals surface area contributed by atoms with Crippen LogP contribution in [0.2, 0.25) is 0 Å². The molecule has 3 N–H and O–H groups in total. The Morgan fingerprint density at radius 3 is 2.72 bits per heavy atom. The van der Waals surface area contributed by atoms with Gasteiger partial charge < -0.3 is 15.7 Å². The van der Waals surface area contributed by atoms with Crippen molar-refractivity contribution in [1.82, 2.24) is 10.6 Å². The van der Waals surface area contributed by atoms with Gasteiger partial charge in [-0.05, 0) is 26.0 Å². The van der Waals surface area contributed by atoms with E-state index in [2.05, 4.69) is 22.8 Å². The largest absolute Gasteiger partial charge is 0.481 e. The van der Waals surface area contributed by atoms with Gasteiger partial charge in [-0.1, -0.05) is 0 Å². The van der Waals surface area contributed by atoms with E-state index in [1.807, 2.05) is 13.8 Å². The molecule has 0 aliphatic heterocycles. The highest BCUT2D eigenvalue weighted by Crippen LogP contribution is 2.16. The second-order valence-corrected chi connectivity index (χ2v) is 5.53. The van der Waals surface area contributed by atoms with Crippen molar-refractivity contribution in [3.8, 4) is 0 Å². The lowest BCUT2D eigenvalue weighted by atomic mass is 10.2. The molecular formula is C12H18N2O3S. The zero-order valence-corrected chi connectivity index (χ0v) is 11.3. The summed E-state index contributed by atoms with van der Waals surface area (Å²) in [5.41, 5.74) is 0. The van der Waals surface area contributed by atoms with Gasteiger partial charge in [0.15, 0.2) is 0 Å². The van der Waals surface area contributed by atoms with Crippen molar-refractivity contribution in [3.05, 3.63) is 21.9 Å². The van der Waals surface area contributed by atoms with Gasteiger partial charge in [0.2, 0.25) is 0 Å². The average Bonchev–Trinajstić information content (AvgIpc) is 2.62. The topological polar surface area (TPSA) is 78.4 Å². The number of carboxylic acid groups (broad SMARTS) is 1. The number of hydrogen-bond acceptors (Lipinski definition) is 3. The molecule has 1 aromatic rings. The highest BCUT2D eigenvalue weighted by molar-refractivity contribution is 7.11. The molecule has 2 amide bonds. The van der Waals surface area contributed by atoms with Gasteiger partial charge in [0, 0.05) is 28.8 Å². The Bertz CT molecular complexity index is 417. The summed E-state index contributed by atoms with van der Waals surface area (Å²) < 4.78 is 0. The van der Waals surface area contributed by atoms with Gasteiger partial charge in [-0.25, -0.2) is 4.79 Å².